The van der Waals surface area contributed by atoms with Crippen LogP contribution in [-0.4, -0.2) is 49.0 Å². The summed E-state index contributed by atoms with van der Waals surface area (Å²) >= 11 is 7.44. The lowest BCUT2D eigenvalue weighted by Crippen LogP contribution is -2.48. The van der Waals surface area contributed by atoms with Gasteiger partial charge in [-0.15, -0.1) is 11.3 Å². The van der Waals surface area contributed by atoms with E-state index in [-0.39, 0.29) is 5.91 Å². The first kappa shape index (κ1) is 21.7. The summed E-state index contributed by atoms with van der Waals surface area (Å²) in [6.07, 6.45) is 0. The van der Waals surface area contributed by atoms with Crippen LogP contribution in [-0.2, 0) is 13.2 Å². The molecule has 5 nitrogen and oxygen atoms in total. The van der Waals surface area contributed by atoms with Crippen LogP contribution in [0.3, 0.4) is 0 Å². The highest BCUT2D eigenvalue weighted by molar-refractivity contribution is 7.12. The molecule has 3 aromatic rings. The number of benzene rings is 2. The van der Waals surface area contributed by atoms with Gasteiger partial charge in [0.15, 0.2) is 11.5 Å². The summed E-state index contributed by atoms with van der Waals surface area (Å²) in [7, 11) is 1.62. The van der Waals surface area contributed by atoms with Crippen LogP contribution in [0.5, 0.6) is 11.5 Å². The van der Waals surface area contributed by atoms with Crippen LogP contribution in [0, 0.1) is 0 Å². The molecule has 0 spiro atoms. The highest BCUT2D eigenvalue weighted by atomic mass is 35.5. The highest BCUT2D eigenvalue weighted by Gasteiger charge is 2.23. The maximum absolute atomic E-state index is 12.9. The Hall–Kier alpha value is -2.54. The Bertz CT molecular complexity index is 1010. The van der Waals surface area contributed by atoms with Crippen molar-refractivity contribution in [1.82, 2.24) is 9.80 Å². The van der Waals surface area contributed by atoms with Gasteiger partial charge in [-0.25, -0.2) is 0 Å². The van der Waals surface area contributed by atoms with Gasteiger partial charge in [0.1, 0.15) is 6.61 Å². The monoisotopic (exact) mass is 456 g/mol. The van der Waals surface area contributed by atoms with Gasteiger partial charge in [0.2, 0.25) is 0 Å². The molecule has 0 unspecified atom stereocenters. The predicted octanol–water partition coefficient (Wildman–Crippen LogP) is 4.95. The van der Waals surface area contributed by atoms with Gasteiger partial charge in [0.25, 0.3) is 5.91 Å². The molecule has 1 fully saturated rings. The number of nitrogens with zero attached hydrogens (tertiary/aromatic N) is 2. The molecular formula is C24H25ClN2O3S. The van der Waals surface area contributed by atoms with E-state index in [0.717, 1.165) is 48.2 Å². The first-order valence-electron chi connectivity index (χ1n) is 10.2. The summed E-state index contributed by atoms with van der Waals surface area (Å²) in [4.78, 5) is 18.0. The van der Waals surface area contributed by atoms with Crippen molar-refractivity contribution < 1.29 is 14.3 Å². The van der Waals surface area contributed by atoms with Crippen molar-refractivity contribution in [3.63, 3.8) is 0 Å². The molecule has 0 N–H and O–H groups in total. The molecule has 162 valence electrons. The number of para-hydroxylation sites is 2. The van der Waals surface area contributed by atoms with E-state index in [1.165, 1.54) is 16.9 Å². The van der Waals surface area contributed by atoms with Crippen molar-refractivity contribution in [2.75, 3.05) is 33.3 Å². The van der Waals surface area contributed by atoms with E-state index >= 15 is 0 Å². The summed E-state index contributed by atoms with van der Waals surface area (Å²) in [5.74, 6) is 1.49. The van der Waals surface area contributed by atoms with Gasteiger partial charge in [-0.3, -0.25) is 9.69 Å². The molecule has 0 bridgehead atoms. The third-order valence-electron chi connectivity index (χ3n) is 5.31. The quantitative estimate of drug-likeness (QED) is 0.504. The van der Waals surface area contributed by atoms with Gasteiger partial charge in [-0.2, -0.15) is 0 Å². The third-order valence-corrected chi connectivity index (χ3v) is 6.53. The van der Waals surface area contributed by atoms with Gasteiger partial charge in [0, 0.05) is 43.3 Å². The summed E-state index contributed by atoms with van der Waals surface area (Å²) < 4.78 is 11.2. The second-order valence-electron chi connectivity index (χ2n) is 7.45. The fourth-order valence-electron chi connectivity index (χ4n) is 3.58. The molecule has 1 saturated heterocycles. The highest BCUT2D eigenvalue weighted by Crippen LogP contribution is 2.27. The van der Waals surface area contributed by atoms with Crippen molar-refractivity contribution in [2.24, 2.45) is 0 Å². The fourth-order valence-corrected chi connectivity index (χ4v) is 4.57. The molecule has 0 saturated carbocycles. The van der Waals surface area contributed by atoms with Crippen LogP contribution in [0.2, 0.25) is 5.02 Å². The Kier molecular flexibility index (Phi) is 7.12. The number of hydrogen-bond acceptors (Lipinski definition) is 5. The van der Waals surface area contributed by atoms with E-state index in [2.05, 4.69) is 17.0 Å². The zero-order valence-corrected chi connectivity index (χ0v) is 19.0. The maximum Gasteiger partial charge on any atom is 0.264 e. The Balaban J connectivity index is 1.28. The first-order chi connectivity index (χ1) is 15.1. The van der Waals surface area contributed by atoms with Gasteiger partial charge >= 0.3 is 0 Å². The number of halogens is 1. The number of hydrogen-bond donors (Lipinski definition) is 0. The molecule has 1 aromatic heterocycles. The second-order valence-corrected chi connectivity index (χ2v) is 8.80. The molecule has 4 rings (SSSR count). The molecule has 2 aromatic carbocycles. The lowest BCUT2D eigenvalue weighted by Gasteiger charge is -2.34. The van der Waals surface area contributed by atoms with E-state index in [9.17, 15) is 4.79 Å². The van der Waals surface area contributed by atoms with Gasteiger partial charge in [0.05, 0.1) is 12.0 Å². The average Bonchev–Trinajstić information content (AvgIpc) is 3.28. The molecule has 7 heteroatoms. The number of ether oxygens (including phenoxy) is 2. The second kappa shape index (κ2) is 10.2. The average molecular weight is 457 g/mol. The molecule has 0 aliphatic carbocycles. The SMILES string of the molecule is COc1ccccc1OCc1csc(C(=O)N2CCN(Cc3ccc(Cl)cc3)CC2)c1. The van der Waals surface area contributed by atoms with Crippen LogP contribution in [0.15, 0.2) is 60.0 Å². The van der Waals surface area contributed by atoms with Crippen LogP contribution in [0.4, 0.5) is 0 Å². The number of carbonyl (C=O) groups excluding carboxylic acids is 1. The molecule has 1 aliphatic heterocycles. The van der Waals surface area contributed by atoms with E-state index in [1.54, 1.807) is 7.11 Å². The lowest BCUT2D eigenvalue weighted by molar-refractivity contribution is 0.0633. The number of rotatable bonds is 7. The topological polar surface area (TPSA) is 42.0 Å². The number of thiophene rings is 1. The lowest BCUT2D eigenvalue weighted by atomic mass is 10.2. The van der Waals surface area contributed by atoms with Crippen LogP contribution in [0.1, 0.15) is 20.8 Å². The summed E-state index contributed by atoms with van der Waals surface area (Å²) in [5, 5.41) is 2.74. The number of carbonyl (C=O) groups is 1. The summed E-state index contributed by atoms with van der Waals surface area (Å²) in [6, 6.07) is 17.4. The third kappa shape index (κ3) is 5.58. The minimum atomic E-state index is 0.0969. The van der Waals surface area contributed by atoms with Crippen LogP contribution < -0.4 is 9.47 Å². The Morgan fingerprint density at radius 3 is 2.42 bits per heavy atom. The number of methoxy groups -OCH3 is 1. The van der Waals surface area contributed by atoms with Crippen molar-refractivity contribution in [3.05, 3.63) is 81.0 Å². The Morgan fingerprint density at radius 1 is 1.00 bits per heavy atom. The van der Waals surface area contributed by atoms with Gasteiger partial charge in [-0.05, 0) is 41.3 Å². The molecule has 1 amide bonds. The normalized spacial score (nSPS) is 14.5. The van der Waals surface area contributed by atoms with Crippen LogP contribution >= 0.6 is 22.9 Å². The molecular weight excluding hydrogens is 432 g/mol. The Morgan fingerprint density at radius 2 is 1.71 bits per heavy atom. The Labute approximate surface area is 191 Å². The van der Waals surface area contributed by atoms with E-state index in [4.69, 9.17) is 21.1 Å². The van der Waals surface area contributed by atoms with E-state index in [0.29, 0.717) is 18.1 Å². The van der Waals surface area contributed by atoms with Gasteiger partial charge in [-0.1, -0.05) is 35.9 Å². The molecule has 0 atom stereocenters. The molecule has 2 heterocycles. The number of amides is 1. The summed E-state index contributed by atoms with van der Waals surface area (Å²) in [5.41, 5.74) is 2.22. The van der Waals surface area contributed by atoms with Crippen molar-refractivity contribution >= 4 is 28.8 Å². The smallest absolute Gasteiger partial charge is 0.264 e. The molecule has 0 radical (unpaired) electrons. The summed E-state index contributed by atoms with van der Waals surface area (Å²) in [6.45, 7) is 4.48. The van der Waals surface area contributed by atoms with Crippen molar-refractivity contribution in [2.45, 2.75) is 13.2 Å². The first-order valence-corrected chi connectivity index (χ1v) is 11.5. The minimum Gasteiger partial charge on any atom is -0.493 e. The standard InChI is InChI=1S/C24H25ClN2O3S/c1-29-21-4-2-3-5-22(21)30-16-19-14-23(31-17-19)24(28)27-12-10-26(11-13-27)15-18-6-8-20(25)9-7-18/h2-9,14,17H,10-13,15-16H2,1H3. The van der Waals surface area contributed by atoms with Crippen molar-refractivity contribution in [3.8, 4) is 11.5 Å². The van der Waals surface area contributed by atoms with Crippen molar-refractivity contribution in [1.29, 1.82) is 0 Å². The number of piperazine rings is 1. The van der Waals surface area contributed by atoms with E-state index < -0.39 is 0 Å². The largest absolute Gasteiger partial charge is 0.493 e. The fraction of sp³-hybridized carbons (Fsp3) is 0.292. The maximum atomic E-state index is 12.9. The van der Waals surface area contributed by atoms with E-state index in [1.807, 2.05) is 52.7 Å². The zero-order chi connectivity index (χ0) is 21.6. The minimum absolute atomic E-state index is 0.0969. The predicted molar refractivity (Wildman–Crippen MR) is 124 cm³/mol. The van der Waals surface area contributed by atoms with Gasteiger partial charge < -0.3 is 14.4 Å². The molecule has 1 aliphatic rings. The van der Waals surface area contributed by atoms with Crippen LogP contribution in [0.25, 0.3) is 0 Å². The zero-order valence-electron chi connectivity index (χ0n) is 17.4. The molecule has 31 heavy (non-hydrogen) atoms.